The van der Waals surface area contributed by atoms with E-state index in [1.807, 2.05) is 0 Å². The molecule has 7 nitrogen and oxygen atoms in total. The second-order valence-electron chi connectivity index (χ2n) is 5.02. The van der Waals surface area contributed by atoms with Crippen molar-refractivity contribution in [1.82, 2.24) is 4.72 Å². The molecule has 0 aliphatic carbocycles. The minimum atomic E-state index is -4.00. The summed E-state index contributed by atoms with van der Waals surface area (Å²) in [4.78, 5) is 11.7. The third kappa shape index (κ3) is 4.67. The van der Waals surface area contributed by atoms with Crippen molar-refractivity contribution in [1.29, 1.82) is 0 Å². The highest BCUT2D eigenvalue weighted by Crippen LogP contribution is 2.29. The van der Waals surface area contributed by atoms with Crippen LogP contribution in [0.2, 0.25) is 0 Å². The molecule has 140 valence electrons. The summed E-state index contributed by atoms with van der Waals surface area (Å²) in [6, 6.07) is 6.73. The third-order valence-electron chi connectivity index (χ3n) is 3.29. The Kier molecular flexibility index (Phi) is 6.11. The molecule has 0 fully saturated rings. The molecular formula is C16H16F2N2O5S. The molecule has 2 aromatic carbocycles. The van der Waals surface area contributed by atoms with Gasteiger partial charge in [-0.2, -0.15) is 0 Å². The molecule has 0 aromatic heterocycles. The van der Waals surface area contributed by atoms with Crippen molar-refractivity contribution in [3.63, 3.8) is 0 Å². The van der Waals surface area contributed by atoms with Gasteiger partial charge in [0.15, 0.2) is 23.1 Å². The molecule has 0 heterocycles. The van der Waals surface area contributed by atoms with Crippen LogP contribution in [0.15, 0.2) is 41.3 Å². The Balaban J connectivity index is 2.05. The van der Waals surface area contributed by atoms with Crippen LogP contribution >= 0.6 is 0 Å². The zero-order chi connectivity index (χ0) is 19.3. The molecule has 1 amide bonds. The van der Waals surface area contributed by atoms with Crippen LogP contribution in [0, 0.1) is 11.6 Å². The van der Waals surface area contributed by atoms with E-state index < -0.39 is 34.1 Å². The number of sulfonamides is 1. The molecule has 0 unspecified atom stereocenters. The Bertz CT molecular complexity index is 919. The van der Waals surface area contributed by atoms with Crippen molar-refractivity contribution in [3.8, 4) is 11.5 Å². The van der Waals surface area contributed by atoms with E-state index in [9.17, 15) is 22.0 Å². The maximum Gasteiger partial charge on any atom is 0.241 e. The van der Waals surface area contributed by atoms with E-state index in [4.69, 9.17) is 9.47 Å². The van der Waals surface area contributed by atoms with Gasteiger partial charge in [0.05, 0.1) is 25.7 Å². The van der Waals surface area contributed by atoms with Crippen molar-refractivity contribution < 1.29 is 31.5 Å². The molecule has 2 rings (SSSR count). The number of amides is 1. The summed E-state index contributed by atoms with van der Waals surface area (Å²) < 4.78 is 62.6. The molecule has 26 heavy (non-hydrogen) atoms. The number of methoxy groups -OCH3 is 2. The minimum absolute atomic E-state index is 0.000727. The largest absolute Gasteiger partial charge is 0.493 e. The smallest absolute Gasteiger partial charge is 0.241 e. The first-order valence-corrected chi connectivity index (χ1v) is 8.71. The number of ether oxygens (including phenoxy) is 2. The van der Waals surface area contributed by atoms with Crippen LogP contribution in [0.1, 0.15) is 0 Å². The van der Waals surface area contributed by atoms with E-state index in [1.165, 1.54) is 32.4 Å². The summed E-state index contributed by atoms with van der Waals surface area (Å²) in [7, 11) is -1.23. The van der Waals surface area contributed by atoms with Crippen LogP contribution in [0.25, 0.3) is 0 Å². The predicted molar refractivity (Wildman–Crippen MR) is 89.7 cm³/mol. The first kappa shape index (κ1) is 19.6. The van der Waals surface area contributed by atoms with Gasteiger partial charge in [0, 0.05) is 17.8 Å². The number of hydrogen-bond acceptors (Lipinski definition) is 5. The molecule has 0 saturated heterocycles. The van der Waals surface area contributed by atoms with Crippen LogP contribution < -0.4 is 19.5 Å². The fourth-order valence-corrected chi connectivity index (χ4v) is 3.00. The van der Waals surface area contributed by atoms with Crippen LogP contribution in [0.3, 0.4) is 0 Å². The standard InChI is InChI=1S/C16H16F2N2O5S/c1-24-14-6-4-11(8-15(14)25-2)26(22,23)19-9-16(21)20-10-3-5-12(17)13(18)7-10/h3-8,19H,9H2,1-2H3,(H,20,21). The van der Waals surface area contributed by atoms with Gasteiger partial charge in [-0.15, -0.1) is 0 Å². The quantitative estimate of drug-likeness (QED) is 0.758. The lowest BCUT2D eigenvalue weighted by Crippen LogP contribution is -2.33. The van der Waals surface area contributed by atoms with Gasteiger partial charge in [-0.1, -0.05) is 0 Å². The van der Waals surface area contributed by atoms with Crippen LogP contribution in [0.4, 0.5) is 14.5 Å². The van der Waals surface area contributed by atoms with Gasteiger partial charge in [-0.3, -0.25) is 4.79 Å². The van der Waals surface area contributed by atoms with Crippen molar-refractivity contribution in [2.24, 2.45) is 0 Å². The number of hydrogen-bond donors (Lipinski definition) is 2. The molecule has 0 bridgehead atoms. The Morgan fingerprint density at radius 3 is 2.31 bits per heavy atom. The van der Waals surface area contributed by atoms with E-state index in [0.29, 0.717) is 5.75 Å². The van der Waals surface area contributed by atoms with E-state index in [1.54, 1.807) is 0 Å². The molecule has 0 aliphatic heterocycles. The van der Waals surface area contributed by atoms with Gasteiger partial charge >= 0.3 is 0 Å². The van der Waals surface area contributed by atoms with E-state index in [0.717, 1.165) is 18.2 Å². The van der Waals surface area contributed by atoms with E-state index >= 15 is 0 Å². The molecular weight excluding hydrogens is 370 g/mol. The van der Waals surface area contributed by atoms with Gasteiger partial charge < -0.3 is 14.8 Å². The molecule has 10 heteroatoms. The molecule has 0 radical (unpaired) electrons. The lowest BCUT2D eigenvalue weighted by molar-refractivity contribution is -0.115. The number of carbonyl (C=O) groups excluding carboxylic acids is 1. The van der Waals surface area contributed by atoms with Gasteiger partial charge in [-0.05, 0) is 24.3 Å². The summed E-state index contributed by atoms with van der Waals surface area (Å²) in [5.41, 5.74) is -0.000727. The van der Waals surface area contributed by atoms with Gasteiger partial charge in [-0.25, -0.2) is 21.9 Å². The number of nitrogens with one attached hydrogen (secondary N) is 2. The van der Waals surface area contributed by atoms with Crippen molar-refractivity contribution >= 4 is 21.6 Å². The summed E-state index contributed by atoms with van der Waals surface area (Å²) in [5.74, 6) is -2.38. The Morgan fingerprint density at radius 1 is 1.00 bits per heavy atom. The molecule has 2 aromatic rings. The number of carbonyl (C=O) groups is 1. The Labute approximate surface area is 149 Å². The number of benzene rings is 2. The minimum Gasteiger partial charge on any atom is -0.493 e. The summed E-state index contributed by atoms with van der Waals surface area (Å²) in [6.45, 7) is -0.602. The third-order valence-corrected chi connectivity index (χ3v) is 4.69. The normalized spacial score (nSPS) is 11.1. The zero-order valence-electron chi connectivity index (χ0n) is 13.9. The van der Waals surface area contributed by atoms with Crippen molar-refractivity contribution in [2.45, 2.75) is 4.90 Å². The monoisotopic (exact) mass is 386 g/mol. The SMILES string of the molecule is COc1ccc(S(=O)(=O)NCC(=O)Nc2ccc(F)c(F)c2)cc1OC. The summed E-state index contributed by atoms with van der Waals surface area (Å²) >= 11 is 0. The van der Waals surface area contributed by atoms with Crippen LogP contribution in [0.5, 0.6) is 11.5 Å². The lowest BCUT2D eigenvalue weighted by Gasteiger charge is -2.11. The number of rotatable bonds is 7. The van der Waals surface area contributed by atoms with Gasteiger partial charge in [0.2, 0.25) is 15.9 Å². The van der Waals surface area contributed by atoms with Crippen LogP contribution in [-0.2, 0) is 14.8 Å². The van der Waals surface area contributed by atoms with E-state index in [-0.39, 0.29) is 16.3 Å². The highest BCUT2D eigenvalue weighted by atomic mass is 32.2. The number of halogens is 2. The summed E-state index contributed by atoms with van der Waals surface area (Å²) in [6.07, 6.45) is 0. The highest BCUT2D eigenvalue weighted by Gasteiger charge is 2.18. The maximum absolute atomic E-state index is 13.1. The summed E-state index contributed by atoms with van der Waals surface area (Å²) in [5, 5.41) is 2.26. The first-order chi connectivity index (χ1) is 12.3. The van der Waals surface area contributed by atoms with E-state index in [2.05, 4.69) is 10.0 Å². The molecule has 0 saturated carbocycles. The molecule has 0 aliphatic rings. The number of anilines is 1. The van der Waals surface area contributed by atoms with Crippen molar-refractivity contribution in [3.05, 3.63) is 48.0 Å². The Hall–Kier alpha value is -2.72. The second-order valence-corrected chi connectivity index (χ2v) is 6.79. The maximum atomic E-state index is 13.1. The topological polar surface area (TPSA) is 93.7 Å². The fourth-order valence-electron chi connectivity index (χ4n) is 2.01. The van der Waals surface area contributed by atoms with Gasteiger partial charge in [0.1, 0.15) is 0 Å². The molecule has 0 atom stereocenters. The van der Waals surface area contributed by atoms with Crippen molar-refractivity contribution in [2.75, 3.05) is 26.1 Å². The average molecular weight is 386 g/mol. The molecule has 2 N–H and O–H groups in total. The first-order valence-electron chi connectivity index (χ1n) is 7.23. The second kappa shape index (κ2) is 8.11. The predicted octanol–water partition coefficient (Wildman–Crippen LogP) is 1.90. The molecule has 0 spiro atoms. The average Bonchev–Trinajstić information content (AvgIpc) is 2.62. The fraction of sp³-hybridized carbons (Fsp3) is 0.188. The van der Waals surface area contributed by atoms with Crippen LogP contribution in [-0.4, -0.2) is 35.1 Å². The lowest BCUT2D eigenvalue weighted by atomic mass is 10.3. The zero-order valence-corrected chi connectivity index (χ0v) is 14.7. The van der Waals surface area contributed by atoms with Gasteiger partial charge in [0.25, 0.3) is 0 Å². The highest BCUT2D eigenvalue weighted by molar-refractivity contribution is 7.89. The Morgan fingerprint density at radius 2 is 1.69 bits per heavy atom.